The van der Waals surface area contributed by atoms with Crippen LogP contribution in [0.25, 0.3) is 22.5 Å². The van der Waals surface area contributed by atoms with E-state index in [1.54, 1.807) is 18.7 Å². The summed E-state index contributed by atoms with van der Waals surface area (Å²) in [5, 5.41) is 0. The Morgan fingerprint density at radius 3 is 2.64 bits per heavy atom. The number of imidazole rings is 1. The monoisotopic (exact) mass is 329 g/mol. The summed E-state index contributed by atoms with van der Waals surface area (Å²) in [4.78, 5) is 8.93. The fraction of sp³-hybridized carbons (Fsp3) is 0.143. The zero-order chi connectivity index (χ0) is 17.1. The molecule has 0 N–H and O–H groups in total. The average molecular weight is 329 g/mol. The zero-order valence-electron chi connectivity index (χ0n) is 14.0. The van der Waals surface area contributed by atoms with E-state index in [1.807, 2.05) is 42.9 Å². The SMILES string of the molecule is CC(Cc1cccnc1)n1cnc(-c2ccccc2)c1-c1ccoc1. The van der Waals surface area contributed by atoms with Crippen LogP contribution in [0.15, 0.2) is 84.2 Å². The number of benzene rings is 1. The topological polar surface area (TPSA) is 43.9 Å². The van der Waals surface area contributed by atoms with E-state index in [0.29, 0.717) is 0 Å². The molecule has 0 fully saturated rings. The van der Waals surface area contributed by atoms with Crippen LogP contribution < -0.4 is 0 Å². The molecule has 3 aromatic heterocycles. The Hall–Kier alpha value is -3.14. The van der Waals surface area contributed by atoms with Crippen LogP contribution in [0.3, 0.4) is 0 Å². The second-order valence-electron chi connectivity index (χ2n) is 6.14. The second kappa shape index (κ2) is 6.77. The van der Waals surface area contributed by atoms with Crippen molar-refractivity contribution in [1.29, 1.82) is 0 Å². The second-order valence-corrected chi connectivity index (χ2v) is 6.14. The molecule has 124 valence electrons. The largest absolute Gasteiger partial charge is 0.472 e. The third kappa shape index (κ3) is 3.11. The molecule has 4 rings (SSSR count). The van der Waals surface area contributed by atoms with E-state index in [9.17, 15) is 0 Å². The molecule has 4 heteroatoms. The molecule has 1 aromatic carbocycles. The number of furan rings is 1. The molecule has 0 saturated heterocycles. The maximum atomic E-state index is 5.33. The van der Waals surface area contributed by atoms with Gasteiger partial charge in [0.2, 0.25) is 0 Å². The molecule has 0 bridgehead atoms. The van der Waals surface area contributed by atoms with Gasteiger partial charge in [-0.25, -0.2) is 4.98 Å². The summed E-state index contributed by atoms with van der Waals surface area (Å²) in [6.07, 6.45) is 10.0. The van der Waals surface area contributed by atoms with Gasteiger partial charge >= 0.3 is 0 Å². The standard InChI is InChI=1S/C21H19N3O/c1-16(12-17-6-5-10-22-13-17)24-15-23-20(18-7-3-2-4-8-18)21(24)19-9-11-25-14-19/h2-11,13-16H,12H2,1H3. The van der Waals surface area contributed by atoms with Crippen LogP contribution in [-0.2, 0) is 6.42 Å². The first-order chi connectivity index (χ1) is 12.3. The number of hydrogen-bond acceptors (Lipinski definition) is 3. The summed E-state index contributed by atoms with van der Waals surface area (Å²) >= 11 is 0. The molecule has 3 heterocycles. The fourth-order valence-corrected chi connectivity index (χ4v) is 3.15. The minimum absolute atomic E-state index is 0.249. The first kappa shape index (κ1) is 15.4. The quantitative estimate of drug-likeness (QED) is 0.517. The van der Waals surface area contributed by atoms with Crippen LogP contribution >= 0.6 is 0 Å². The van der Waals surface area contributed by atoms with Crippen molar-refractivity contribution in [2.24, 2.45) is 0 Å². The van der Waals surface area contributed by atoms with Gasteiger partial charge in [0.1, 0.15) is 0 Å². The van der Waals surface area contributed by atoms with Gasteiger partial charge in [0, 0.05) is 29.6 Å². The minimum atomic E-state index is 0.249. The molecule has 0 radical (unpaired) electrons. The van der Waals surface area contributed by atoms with Gasteiger partial charge in [0.05, 0.1) is 30.2 Å². The van der Waals surface area contributed by atoms with Crippen LogP contribution in [-0.4, -0.2) is 14.5 Å². The van der Waals surface area contributed by atoms with Crippen molar-refractivity contribution in [2.75, 3.05) is 0 Å². The third-order valence-electron chi connectivity index (χ3n) is 4.36. The van der Waals surface area contributed by atoms with Crippen LogP contribution in [0.2, 0.25) is 0 Å². The van der Waals surface area contributed by atoms with Crippen molar-refractivity contribution in [3.8, 4) is 22.5 Å². The Bertz CT molecular complexity index is 928. The highest BCUT2D eigenvalue weighted by Gasteiger charge is 2.19. The number of pyridine rings is 1. The van der Waals surface area contributed by atoms with Gasteiger partial charge in [-0.2, -0.15) is 0 Å². The Morgan fingerprint density at radius 1 is 1.04 bits per heavy atom. The molecule has 0 amide bonds. The molecule has 4 aromatic rings. The molecule has 0 aliphatic heterocycles. The molecular formula is C21H19N3O. The molecule has 0 aliphatic rings. The van der Waals surface area contributed by atoms with E-state index in [0.717, 1.165) is 28.9 Å². The lowest BCUT2D eigenvalue weighted by atomic mass is 10.0. The average Bonchev–Trinajstić information content (AvgIpc) is 3.32. The van der Waals surface area contributed by atoms with Crippen molar-refractivity contribution in [3.05, 3.63) is 85.3 Å². The molecule has 4 nitrogen and oxygen atoms in total. The van der Waals surface area contributed by atoms with Crippen molar-refractivity contribution in [2.45, 2.75) is 19.4 Å². The molecule has 0 aliphatic carbocycles. The number of rotatable bonds is 5. The maximum Gasteiger partial charge on any atom is 0.0996 e. The molecular weight excluding hydrogens is 310 g/mol. The minimum Gasteiger partial charge on any atom is -0.472 e. The van der Waals surface area contributed by atoms with Gasteiger partial charge in [-0.05, 0) is 31.0 Å². The molecule has 25 heavy (non-hydrogen) atoms. The van der Waals surface area contributed by atoms with Crippen molar-refractivity contribution in [1.82, 2.24) is 14.5 Å². The first-order valence-corrected chi connectivity index (χ1v) is 8.36. The number of nitrogens with zero attached hydrogens (tertiary/aromatic N) is 3. The molecule has 1 atom stereocenters. The van der Waals surface area contributed by atoms with Crippen molar-refractivity contribution < 1.29 is 4.42 Å². The Balaban J connectivity index is 1.77. The van der Waals surface area contributed by atoms with E-state index in [2.05, 4.69) is 34.7 Å². The molecule has 0 saturated carbocycles. The van der Waals surface area contributed by atoms with Crippen LogP contribution in [0.1, 0.15) is 18.5 Å². The maximum absolute atomic E-state index is 5.33. The predicted molar refractivity (Wildman–Crippen MR) is 98.0 cm³/mol. The summed E-state index contributed by atoms with van der Waals surface area (Å²) in [5.74, 6) is 0. The van der Waals surface area contributed by atoms with Crippen molar-refractivity contribution >= 4 is 0 Å². The summed E-state index contributed by atoms with van der Waals surface area (Å²) in [5.41, 5.74) is 5.40. The van der Waals surface area contributed by atoms with E-state index in [-0.39, 0.29) is 6.04 Å². The first-order valence-electron chi connectivity index (χ1n) is 8.36. The normalized spacial score (nSPS) is 12.2. The lowest BCUT2D eigenvalue weighted by molar-refractivity contribution is 0.546. The van der Waals surface area contributed by atoms with Crippen LogP contribution in [0, 0.1) is 0 Å². The van der Waals surface area contributed by atoms with Gasteiger partial charge < -0.3 is 8.98 Å². The summed E-state index contributed by atoms with van der Waals surface area (Å²) in [7, 11) is 0. The highest BCUT2D eigenvalue weighted by molar-refractivity contribution is 5.78. The Kier molecular flexibility index (Phi) is 4.17. The van der Waals surface area contributed by atoms with Crippen LogP contribution in [0.4, 0.5) is 0 Å². The van der Waals surface area contributed by atoms with Gasteiger partial charge in [-0.1, -0.05) is 36.4 Å². The zero-order valence-corrected chi connectivity index (χ0v) is 14.0. The van der Waals surface area contributed by atoms with Gasteiger partial charge in [-0.15, -0.1) is 0 Å². The molecule has 1 unspecified atom stereocenters. The highest BCUT2D eigenvalue weighted by atomic mass is 16.3. The lowest BCUT2D eigenvalue weighted by Crippen LogP contribution is -2.09. The lowest BCUT2D eigenvalue weighted by Gasteiger charge is -2.17. The summed E-state index contributed by atoms with van der Waals surface area (Å²) in [6.45, 7) is 2.20. The number of aromatic nitrogens is 3. The third-order valence-corrected chi connectivity index (χ3v) is 4.36. The molecule has 0 spiro atoms. The van der Waals surface area contributed by atoms with E-state index in [1.165, 1.54) is 5.56 Å². The van der Waals surface area contributed by atoms with Gasteiger partial charge in [0.15, 0.2) is 0 Å². The highest BCUT2D eigenvalue weighted by Crippen LogP contribution is 2.34. The smallest absolute Gasteiger partial charge is 0.0996 e. The fourth-order valence-electron chi connectivity index (χ4n) is 3.15. The van der Waals surface area contributed by atoms with Gasteiger partial charge in [-0.3, -0.25) is 4.98 Å². The Morgan fingerprint density at radius 2 is 1.92 bits per heavy atom. The summed E-state index contributed by atoms with van der Waals surface area (Å²) < 4.78 is 7.55. The van der Waals surface area contributed by atoms with Crippen molar-refractivity contribution in [3.63, 3.8) is 0 Å². The van der Waals surface area contributed by atoms with Gasteiger partial charge in [0.25, 0.3) is 0 Å². The Labute approximate surface area is 146 Å². The number of hydrogen-bond donors (Lipinski definition) is 0. The van der Waals surface area contributed by atoms with Crippen LogP contribution in [0.5, 0.6) is 0 Å². The van der Waals surface area contributed by atoms with E-state index in [4.69, 9.17) is 9.40 Å². The predicted octanol–water partition coefficient (Wildman–Crippen LogP) is 5.01. The summed E-state index contributed by atoms with van der Waals surface area (Å²) in [6, 6.07) is 16.6. The van der Waals surface area contributed by atoms with E-state index >= 15 is 0 Å². The van der Waals surface area contributed by atoms with E-state index < -0.39 is 0 Å².